The Morgan fingerprint density at radius 1 is 1.57 bits per heavy atom. The Morgan fingerprint density at radius 2 is 2.29 bits per heavy atom. The minimum absolute atomic E-state index is 0.127. The van der Waals surface area contributed by atoms with Gasteiger partial charge in [-0.1, -0.05) is 13.8 Å². The van der Waals surface area contributed by atoms with Crippen LogP contribution in [0.3, 0.4) is 0 Å². The van der Waals surface area contributed by atoms with Crippen molar-refractivity contribution in [3.63, 3.8) is 0 Å². The molecule has 0 spiro atoms. The Bertz CT molecular complexity index is 169. The summed E-state index contributed by atoms with van der Waals surface area (Å²) in [5.41, 5.74) is 5.95. The lowest BCUT2D eigenvalue weighted by Crippen LogP contribution is -2.43. The Kier molecular flexibility index (Phi) is 4.35. The number of rotatable bonds is 4. The average Bonchev–Trinajstić information content (AvgIpc) is 2.18. The molecule has 1 aliphatic rings. The van der Waals surface area contributed by atoms with Crippen LogP contribution in [0.4, 0.5) is 0 Å². The lowest BCUT2D eigenvalue weighted by atomic mass is 9.73. The second kappa shape index (κ2) is 5.10. The van der Waals surface area contributed by atoms with E-state index in [0.29, 0.717) is 18.6 Å². The highest BCUT2D eigenvalue weighted by Crippen LogP contribution is 2.37. The van der Waals surface area contributed by atoms with Crippen molar-refractivity contribution in [1.29, 1.82) is 0 Å². The molecule has 2 unspecified atom stereocenters. The van der Waals surface area contributed by atoms with Gasteiger partial charge in [0.25, 0.3) is 0 Å². The fraction of sp³-hybridized carbons (Fsp3) is 1.00. The van der Waals surface area contributed by atoms with Crippen LogP contribution >= 0.6 is 0 Å². The predicted octanol–water partition coefficient (Wildman–Crippen LogP) is 1.15. The first-order valence-electron chi connectivity index (χ1n) is 5.56. The normalized spacial score (nSPS) is 33.6. The first kappa shape index (κ1) is 12.0. The summed E-state index contributed by atoms with van der Waals surface area (Å²) in [7, 11) is 0. The zero-order chi connectivity index (χ0) is 10.6. The lowest BCUT2D eigenvalue weighted by Gasteiger charge is -2.41. The molecule has 3 N–H and O–H groups in total. The van der Waals surface area contributed by atoms with Crippen LogP contribution in [0, 0.1) is 11.3 Å². The fourth-order valence-electron chi connectivity index (χ4n) is 2.19. The molecule has 1 saturated heterocycles. The first-order valence-corrected chi connectivity index (χ1v) is 5.56. The van der Waals surface area contributed by atoms with Gasteiger partial charge in [0, 0.05) is 13.2 Å². The summed E-state index contributed by atoms with van der Waals surface area (Å²) >= 11 is 0. The van der Waals surface area contributed by atoms with Gasteiger partial charge in [0.15, 0.2) is 0 Å². The van der Waals surface area contributed by atoms with Crippen LogP contribution in [-0.4, -0.2) is 31.0 Å². The van der Waals surface area contributed by atoms with Gasteiger partial charge < -0.3 is 15.6 Å². The molecule has 84 valence electrons. The molecule has 0 saturated carbocycles. The van der Waals surface area contributed by atoms with E-state index in [1.165, 1.54) is 0 Å². The van der Waals surface area contributed by atoms with Crippen molar-refractivity contribution < 1.29 is 9.84 Å². The van der Waals surface area contributed by atoms with Crippen LogP contribution in [0.2, 0.25) is 0 Å². The summed E-state index contributed by atoms with van der Waals surface area (Å²) in [6.07, 6.45) is 3.13. The Labute approximate surface area is 86.6 Å². The molecule has 1 rings (SSSR count). The van der Waals surface area contributed by atoms with Crippen molar-refractivity contribution in [3.05, 3.63) is 0 Å². The molecule has 3 nitrogen and oxygen atoms in total. The van der Waals surface area contributed by atoms with Crippen molar-refractivity contribution in [1.82, 2.24) is 0 Å². The molecule has 0 radical (unpaired) electrons. The summed E-state index contributed by atoms with van der Waals surface area (Å²) in [6.45, 7) is 6.05. The standard InChI is InChI=1S/C11H23NO2/c1-9(2)10-7-11(8-12,3-5-13)4-6-14-10/h9-10,13H,3-8,12H2,1-2H3. The van der Waals surface area contributed by atoms with Crippen LogP contribution in [-0.2, 0) is 4.74 Å². The van der Waals surface area contributed by atoms with Crippen LogP contribution in [0.15, 0.2) is 0 Å². The molecule has 14 heavy (non-hydrogen) atoms. The van der Waals surface area contributed by atoms with Gasteiger partial charge in [-0.05, 0) is 37.1 Å². The molecule has 0 aliphatic carbocycles. The molecule has 0 amide bonds. The van der Waals surface area contributed by atoms with Crippen molar-refractivity contribution in [3.8, 4) is 0 Å². The van der Waals surface area contributed by atoms with E-state index in [-0.39, 0.29) is 12.0 Å². The van der Waals surface area contributed by atoms with Crippen molar-refractivity contribution in [2.75, 3.05) is 19.8 Å². The Balaban J connectivity index is 2.59. The third-order valence-corrected chi connectivity index (χ3v) is 3.42. The van der Waals surface area contributed by atoms with E-state index >= 15 is 0 Å². The molecule has 1 heterocycles. The van der Waals surface area contributed by atoms with Gasteiger partial charge in [-0.3, -0.25) is 0 Å². The van der Waals surface area contributed by atoms with E-state index in [1.807, 2.05) is 0 Å². The number of aliphatic hydroxyl groups excluding tert-OH is 1. The zero-order valence-corrected chi connectivity index (χ0v) is 9.33. The van der Waals surface area contributed by atoms with E-state index < -0.39 is 0 Å². The summed E-state index contributed by atoms with van der Waals surface area (Å²) in [4.78, 5) is 0. The summed E-state index contributed by atoms with van der Waals surface area (Å²) in [6, 6.07) is 0. The van der Waals surface area contributed by atoms with Gasteiger partial charge in [-0.15, -0.1) is 0 Å². The molecule has 0 aromatic heterocycles. The number of nitrogens with two attached hydrogens (primary N) is 1. The molecular weight excluding hydrogens is 178 g/mol. The van der Waals surface area contributed by atoms with Crippen LogP contribution in [0.5, 0.6) is 0 Å². The average molecular weight is 201 g/mol. The van der Waals surface area contributed by atoms with E-state index in [9.17, 15) is 0 Å². The van der Waals surface area contributed by atoms with E-state index in [1.54, 1.807) is 0 Å². The highest BCUT2D eigenvalue weighted by Gasteiger charge is 2.36. The maximum atomic E-state index is 9.04. The van der Waals surface area contributed by atoms with Gasteiger partial charge in [-0.25, -0.2) is 0 Å². The van der Waals surface area contributed by atoms with Gasteiger partial charge in [0.2, 0.25) is 0 Å². The Hall–Kier alpha value is -0.120. The van der Waals surface area contributed by atoms with Gasteiger partial charge in [0.05, 0.1) is 6.10 Å². The van der Waals surface area contributed by atoms with Gasteiger partial charge in [0.1, 0.15) is 0 Å². The molecule has 0 bridgehead atoms. The number of hydrogen-bond acceptors (Lipinski definition) is 3. The molecule has 0 aromatic rings. The maximum Gasteiger partial charge on any atom is 0.0603 e. The zero-order valence-electron chi connectivity index (χ0n) is 9.33. The van der Waals surface area contributed by atoms with Crippen molar-refractivity contribution in [2.24, 2.45) is 17.1 Å². The van der Waals surface area contributed by atoms with E-state index in [2.05, 4.69) is 13.8 Å². The summed E-state index contributed by atoms with van der Waals surface area (Å²) in [5, 5.41) is 9.04. The topological polar surface area (TPSA) is 55.5 Å². The molecular formula is C11H23NO2. The van der Waals surface area contributed by atoms with Crippen LogP contribution in [0.1, 0.15) is 33.1 Å². The number of aliphatic hydroxyl groups is 1. The third kappa shape index (κ3) is 2.69. The monoisotopic (exact) mass is 201 g/mol. The molecule has 0 aromatic carbocycles. The predicted molar refractivity (Wildman–Crippen MR) is 57.0 cm³/mol. The van der Waals surface area contributed by atoms with Gasteiger partial charge in [-0.2, -0.15) is 0 Å². The summed E-state index contributed by atoms with van der Waals surface area (Å²) < 4.78 is 5.71. The highest BCUT2D eigenvalue weighted by molar-refractivity contribution is 4.87. The minimum atomic E-state index is 0.127. The quantitative estimate of drug-likeness (QED) is 0.717. The lowest BCUT2D eigenvalue weighted by molar-refractivity contribution is -0.0726. The Morgan fingerprint density at radius 3 is 2.79 bits per heavy atom. The van der Waals surface area contributed by atoms with E-state index in [4.69, 9.17) is 15.6 Å². The highest BCUT2D eigenvalue weighted by atomic mass is 16.5. The third-order valence-electron chi connectivity index (χ3n) is 3.42. The van der Waals surface area contributed by atoms with Crippen LogP contribution in [0.25, 0.3) is 0 Å². The van der Waals surface area contributed by atoms with Crippen LogP contribution < -0.4 is 5.73 Å². The van der Waals surface area contributed by atoms with Crippen molar-refractivity contribution >= 4 is 0 Å². The van der Waals surface area contributed by atoms with Crippen molar-refractivity contribution in [2.45, 2.75) is 39.2 Å². The molecule has 1 fully saturated rings. The molecule has 3 heteroatoms. The number of hydrogen-bond donors (Lipinski definition) is 2. The fourth-order valence-corrected chi connectivity index (χ4v) is 2.19. The first-order chi connectivity index (χ1) is 6.63. The second-order valence-electron chi connectivity index (χ2n) is 4.79. The largest absolute Gasteiger partial charge is 0.396 e. The summed E-state index contributed by atoms with van der Waals surface area (Å²) in [5.74, 6) is 0.542. The number of ether oxygens (including phenoxy) is 1. The smallest absolute Gasteiger partial charge is 0.0603 e. The minimum Gasteiger partial charge on any atom is -0.396 e. The van der Waals surface area contributed by atoms with E-state index in [0.717, 1.165) is 25.9 Å². The SMILES string of the molecule is CC(C)C1CC(CN)(CCO)CCO1. The second-order valence-corrected chi connectivity index (χ2v) is 4.79. The maximum absolute atomic E-state index is 9.04. The van der Waals surface area contributed by atoms with Gasteiger partial charge >= 0.3 is 0 Å². The molecule has 1 aliphatic heterocycles. The molecule has 2 atom stereocenters.